The maximum atomic E-state index is 12.1. The number of nitrogens with zero attached hydrogens (tertiary/aromatic N) is 3. The zero-order valence-corrected chi connectivity index (χ0v) is 11.8. The number of hydrogen-bond donors (Lipinski definition) is 1. The van der Waals surface area contributed by atoms with Crippen molar-refractivity contribution in [3.8, 4) is 0 Å². The minimum Gasteiger partial charge on any atom is -0.389 e. The number of rotatable bonds is 4. The molecule has 1 aromatic heterocycles. The van der Waals surface area contributed by atoms with E-state index in [4.69, 9.17) is 18.0 Å². The predicted octanol–water partition coefficient (Wildman–Crippen LogP) is 1.38. The molecule has 0 radical (unpaired) electrons. The van der Waals surface area contributed by atoms with Crippen molar-refractivity contribution in [2.45, 2.75) is 6.54 Å². The molecule has 2 rings (SSSR count). The van der Waals surface area contributed by atoms with E-state index in [1.807, 2.05) is 24.3 Å². The highest BCUT2D eigenvalue weighted by Gasteiger charge is 2.13. The van der Waals surface area contributed by atoms with E-state index >= 15 is 0 Å². The summed E-state index contributed by atoms with van der Waals surface area (Å²) in [5.41, 5.74) is 7.66. The number of hydrogen-bond acceptors (Lipinski definition) is 4. The molecule has 1 heterocycles. The van der Waals surface area contributed by atoms with Gasteiger partial charge in [-0.05, 0) is 11.6 Å². The predicted molar refractivity (Wildman–Crippen MR) is 80.2 cm³/mol. The van der Waals surface area contributed by atoms with E-state index in [-0.39, 0.29) is 5.91 Å². The molecule has 20 heavy (non-hydrogen) atoms. The quantitative estimate of drug-likeness (QED) is 0.860. The van der Waals surface area contributed by atoms with Crippen molar-refractivity contribution in [3.05, 3.63) is 59.7 Å². The molecule has 0 saturated carbocycles. The van der Waals surface area contributed by atoms with Gasteiger partial charge in [0.05, 0.1) is 6.20 Å². The molecule has 0 atom stereocenters. The standard InChI is InChI=1S/C14H14N4OS/c1-18(14(19)12-8-16-5-6-17-12)9-10-3-2-4-11(7-10)13(15)20/h2-8H,9H2,1H3,(H2,15,20). The molecule has 0 bridgehead atoms. The van der Waals surface area contributed by atoms with Crippen molar-refractivity contribution >= 4 is 23.1 Å². The van der Waals surface area contributed by atoms with Gasteiger partial charge in [-0.1, -0.05) is 30.4 Å². The highest BCUT2D eigenvalue weighted by atomic mass is 32.1. The van der Waals surface area contributed by atoms with Crippen molar-refractivity contribution in [2.24, 2.45) is 5.73 Å². The smallest absolute Gasteiger partial charge is 0.274 e. The number of thiocarbonyl (C=S) groups is 1. The first-order valence-electron chi connectivity index (χ1n) is 5.98. The van der Waals surface area contributed by atoms with Gasteiger partial charge in [0.25, 0.3) is 5.91 Å². The fraction of sp³-hybridized carbons (Fsp3) is 0.143. The number of carbonyl (C=O) groups excluding carboxylic acids is 1. The minimum absolute atomic E-state index is 0.182. The summed E-state index contributed by atoms with van der Waals surface area (Å²) < 4.78 is 0. The lowest BCUT2D eigenvalue weighted by molar-refractivity contribution is 0.0779. The normalized spacial score (nSPS) is 10.1. The first kappa shape index (κ1) is 14.1. The summed E-state index contributed by atoms with van der Waals surface area (Å²) >= 11 is 4.94. The van der Waals surface area contributed by atoms with Crippen molar-refractivity contribution in [2.75, 3.05) is 7.05 Å². The Morgan fingerprint density at radius 1 is 1.40 bits per heavy atom. The number of nitrogens with two attached hydrogens (primary N) is 1. The third-order valence-electron chi connectivity index (χ3n) is 2.76. The summed E-state index contributed by atoms with van der Waals surface area (Å²) in [7, 11) is 1.71. The second kappa shape index (κ2) is 6.21. The van der Waals surface area contributed by atoms with Gasteiger partial charge >= 0.3 is 0 Å². The number of aromatic nitrogens is 2. The Labute approximate surface area is 122 Å². The molecule has 0 aliphatic heterocycles. The lowest BCUT2D eigenvalue weighted by atomic mass is 10.1. The van der Waals surface area contributed by atoms with Crippen LogP contribution in [0.2, 0.25) is 0 Å². The zero-order chi connectivity index (χ0) is 14.5. The van der Waals surface area contributed by atoms with E-state index in [0.717, 1.165) is 11.1 Å². The van der Waals surface area contributed by atoms with Gasteiger partial charge in [-0.3, -0.25) is 9.78 Å². The van der Waals surface area contributed by atoms with Crippen LogP contribution in [0.15, 0.2) is 42.9 Å². The summed E-state index contributed by atoms with van der Waals surface area (Å²) in [6, 6.07) is 7.51. The maximum Gasteiger partial charge on any atom is 0.274 e. The van der Waals surface area contributed by atoms with Gasteiger partial charge in [0.15, 0.2) is 0 Å². The van der Waals surface area contributed by atoms with Gasteiger partial charge in [-0.15, -0.1) is 0 Å². The molecule has 6 heteroatoms. The second-order valence-corrected chi connectivity index (χ2v) is 4.76. The molecular weight excluding hydrogens is 272 g/mol. The van der Waals surface area contributed by atoms with E-state index in [1.54, 1.807) is 11.9 Å². The van der Waals surface area contributed by atoms with Crippen molar-refractivity contribution in [1.29, 1.82) is 0 Å². The molecule has 2 aromatic rings. The molecule has 0 aliphatic rings. The number of amides is 1. The highest BCUT2D eigenvalue weighted by Crippen LogP contribution is 2.09. The van der Waals surface area contributed by atoms with Crippen LogP contribution in [0, 0.1) is 0 Å². The fourth-order valence-corrected chi connectivity index (χ4v) is 1.90. The Kier molecular flexibility index (Phi) is 4.37. The second-order valence-electron chi connectivity index (χ2n) is 4.32. The van der Waals surface area contributed by atoms with Crippen LogP contribution in [0.5, 0.6) is 0 Å². The maximum absolute atomic E-state index is 12.1. The fourth-order valence-electron chi connectivity index (χ4n) is 1.77. The van der Waals surface area contributed by atoms with E-state index < -0.39 is 0 Å². The van der Waals surface area contributed by atoms with Crippen molar-refractivity contribution < 1.29 is 4.79 Å². The Morgan fingerprint density at radius 3 is 2.85 bits per heavy atom. The SMILES string of the molecule is CN(Cc1cccc(C(N)=S)c1)C(=O)c1cnccn1. The lowest BCUT2D eigenvalue weighted by Crippen LogP contribution is -2.27. The van der Waals surface area contributed by atoms with Crippen molar-refractivity contribution in [1.82, 2.24) is 14.9 Å². The number of benzene rings is 1. The largest absolute Gasteiger partial charge is 0.389 e. The summed E-state index contributed by atoms with van der Waals surface area (Å²) in [6.07, 6.45) is 4.47. The number of carbonyl (C=O) groups is 1. The third-order valence-corrected chi connectivity index (χ3v) is 3.00. The van der Waals surface area contributed by atoms with Crippen LogP contribution in [0.3, 0.4) is 0 Å². The average Bonchev–Trinajstić information content (AvgIpc) is 2.47. The van der Waals surface area contributed by atoms with Gasteiger partial charge < -0.3 is 10.6 Å². The van der Waals surface area contributed by atoms with Crippen LogP contribution >= 0.6 is 12.2 Å². The molecule has 1 aromatic carbocycles. The van der Waals surface area contributed by atoms with Gasteiger partial charge in [-0.25, -0.2) is 4.98 Å². The zero-order valence-electron chi connectivity index (χ0n) is 11.0. The average molecular weight is 286 g/mol. The molecule has 0 spiro atoms. The molecule has 2 N–H and O–H groups in total. The molecule has 0 fully saturated rings. The van der Waals surface area contributed by atoms with E-state index in [9.17, 15) is 4.79 Å². The van der Waals surface area contributed by atoms with Crippen LogP contribution in [0.25, 0.3) is 0 Å². The van der Waals surface area contributed by atoms with Crippen LogP contribution in [0.1, 0.15) is 21.6 Å². The van der Waals surface area contributed by atoms with Gasteiger partial charge in [0.2, 0.25) is 0 Å². The lowest BCUT2D eigenvalue weighted by Gasteiger charge is -2.17. The van der Waals surface area contributed by atoms with Gasteiger partial charge in [0.1, 0.15) is 10.7 Å². The monoisotopic (exact) mass is 286 g/mol. The molecule has 102 valence electrons. The molecule has 0 saturated heterocycles. The summed E-state index contributed by atoms with van der Waals surface area (Å²) in [5, 5.41) is 0. The van der Waals surface area contributed by atoms with Crippen LogP contribution in [-0.2, 0) is 6.54 Å². The summed E-state index contributed by atoms with van der Waals surface area (Å²) in [6.45, 7) is 0.450. The Bertz CT molecular complexity index is 630. The van der Waals surface area contributed by atoms with Crippen LogP contribution in [-0.4, -0.2) is 32.8 Å². The first-order valence-corrected chi connectivity index (χ1v) is 6.39. The Hall–Kier alpha value is -2.34. The first-order chi connectivity index (χ1) is 9.58. The van der Waals surface area contributed by atoms with Crippen LogP contribution < -0.4 is 5.73 Å². The highest BCUT2D eigenvalue weighted by molar-refractivity contribution is 7.80. The van der Waals surface area contributed by atoms with Crippen LogP contribution in [0.4, 0.5) is 0 Å². The minimum atomic E-state index is -0.182. The van der Waals surface area contributed by atoms with Gasteiger partial charge in [-0.2, -0.15) is 0 Å². The van der Waals surface area contributed by atoms with Gasteiger partial charge in [0, 0.05) is 31.5 Å². The molecule has 0 aliphatic carbocycles. The topological polar surface area (TPSA) is 72.1 Å². The van der Waals surface area contributed by atoms with E-state index in [2.05, 4.69) is 9.97 Å². The van der Waals surface area contributed by atoms with Crippen molar-refractivity contribution in [3.63, 3.8) is 0 Å². The molecule has 0 unspecified atom stereocenters. The Balaban J connectivity index is 2.12. The molecule has 5 nitrogen and oxygen atoms in total. The summed E-state index contributed by atoms with van der Waals surface area (Å²) in [5.74, 6) is -0.182. The summed E-state index contributed by atoms with van der Waals surface area (Å²) in [4.78, 5) is 21.9. The van der Waals surface area contributed by atoms with E-state index in [1.165, 1.54) is 18.6 Å². The van der Waals surface area contributed by atoms with E-state index in [0.29, 0.717) is 17.2 Å². The molecule has 1 amide bonds. The third kappa shape index (κ3) is 3.36. The molecular formula is C14H14N4OS. The Morgan fingerprint density at radius 2 is 2.20 bits per heavy atom.